The van der Waals surface area contributed by atoms with Crippen LogP contribution in [0.5, 0.6) is 11.5 Å². The molecule has 126 valence electrons. The first kappa shape index (κ1) is 17.1. The second-order valence-corrected chi connectivity index (χ2v) is 5.64. The first-order chi connectivity index (χ1) is 11.0. The van der Waals surface area contributed by atoms with Crippen LogP contribution in [0.3, 0.4) is 0 Å². The van der Waals surface area contributed by atoms with E-state index in [9.17, 15) is 4.79 Å². The molecule has 1 aromatic heterocycles. The van der Waals surface area contributed by atoms with E-state index in [4.69, 9.17) is 18.6 Å². The zero-order valence-corrected chi connectivity index (χ0v) is 14.2. The topological polar surface area (TPSA) is 69.9 Å². The number of esters is 1. The molecule has 1 N–H and O–H groups in total. The molecule has 6 nitrogen and oxygen atoms in total. The van der Waals surface area contributed by atoms with E-state index < -0.39 is 5.97 Å². The first-order valence-electron chi connectivity index (χ1n) is 7.48. The van der Waals surface area contributed by atoms with Gasteiger partial charge in [0.2, 0.25) is 5.76 Å². The Kier molecular flexibility index (Phi) is 5.50. The van der Waals surface area contributed by atoms with Crippen molar-refractivity contribution in [3.63, 3.8) is 0 Å². The molecule has 6 heteroatoms. The number of hydrogen-bond acceptors (Lipinski definition) is 6. The van der Waals surface area contributed by atoms with Crippen LogP contribution in [0.2, 0.25) is 0 Å². The first-order valence-corrected chi connectivity index (χ1v) is 7.48. The lowest BCUT2D eigenvalue weighted by molar-refractivity contribution is 0.0567. The van der Waals surface area contributed by atoms with E-state index in [2.05, 4.69) is 19.2 Å². The summed E-state index contributed by atoms with van der Waals surface area (Å²) in [6.45, 7) is 5.81. The molecule has 0 aliphatic rings. The highest BCUT2D eigenvalue weighted by Crippen LogP contribution is 2.39. The van der Waals surface area contributed by atoms with E-state index >= 15 is 0 Å². The fourth-order valence-electron chi connectivity index (χ4n) is 2.43. The Morgan fingerprint density at radius 1 is 1.22 bits per heavy atom. The second-order valence-electron chi connectivity index (χ2n) is 5.64. The molecule has 2 aromatic rings. The number of nitrogens with one attached hydrogen (secondary N) is 1. The summed E-state index contributed by atoms with van der Waals surface area (Å²) < 4.78 is 21.2. The molecule has 0 saturated carbocycles. The van der Waals surface area contributed by atoms with Crippen LogP contribution in [0.1, 0.15) is 30.0 Å². The van der Waals surface area contributed by atoms with Crippen molar-refractivity contribution in [3.05, 3.63) is 23.5 Å². The quantitative estimate of drug-likeness (QED) is 0.791. The third-order valence-electron chi connectivity index (χ3n) is 3.48. The van der Waals surface area contributed by atoms with Gasteiger partial charge in [0.1, 0.15) is 5.75 Å². The maximum Gasteiger partial charge on any atom is 0.373 e. The fraction of sp³-hybridized carbons (Fsp3) is 0.471. The van der Waals surface area contributed by atoms with Crippen molar-refractivity contribution >= 4 is 16.9 Å². The van der Waals surface area contributed by atoms with Crippen LogP contribution in [0.15, 0.2) is 16.5 Å². The molecule has 0 saturated heterocycles. The van der Waals surface area contributed by atoms with E-state index in [1.165, 1.54) is 7.11 Å². The Labute approximate surface area is 135 Å². The van der Waals surface area contributed by atoms with Crippen molar-refractivity contribution in [2.24, 2.45) is 5.92 Å². The van der Waals surface area contributed by atoms with Crippen molar-refractivity contribution in [1.29, 1.82) is 0 Å². The van der Waals surface area contributed by atoms with Gasteiger partial charge in [-0.3, -0.25) is 0 Å². The summed E-state index contributed by atoms with van der Waals surface area (Å²) in [4.78, 5) is 11.7. The normalized spacial score (nSPS) is 11.0. The number of hydrogen-bond donors (Lipinski definition) is 1. The lowest BCUT2D eigenvalue weighted by Crippen LogP contribution is -2.19. The van der Waals surface area contributed by atoms with Crippen LogP contribution in [0, 0.1) is 5.92 Å². The van der Waals surface area contributed by atoms with Gasteiger partial charge in [-0.15, -0.1) is 0 Å². The van der Waals surface area contributed by atoms with Crippen molar-refractivity contribution in [1.82, 2.24) is 5.32 Å². The molecule has 1 aromatic carbocycles. The van der Waals surface area contributed by atoms with Gasteiger partial charge >= 0.3 is 5.97 Å². The minimum Gasteiger partial charge on any atom is -0.496 e. The summed E-state index contributed by atoms with van der Waals surface area (Å²) in [7, 11) is 4.47. The number of fused-ring (bicyclic) bond motifs is 1. The second kappa shape index (κ2) is 7.37. The van der Waals surface area contributed by atoms with Gasteiger partial charge in [-0.25, -0.2) is 4.79 Å². The van der Waals surface area contributed by atoms with E-state index in [1.807, 2.05) is 6.07 Å². The monoisotopic (exact) mass is 321 g/mol. The highest BCUT2D eigenvalue weighted by molar-refractivity contribution is 5.97. The number of carbonyl (C=O) groups excluding carboxylic acids is 1. The maximum absolute atomic E-state index is 11.7. The average Bonchev–Trinajstić information content (AvgIpc) is 2.97. The summed E-state index contributed by atoms with van der Waals surface area (Å²) in [5.41, 5.74) is 1.41. The minimum atomic E-state index is -0.537. The molecule has 0 unspecified atom stereocenters. The summed E-state index contributed by atoms with van der Waals surface area (Å²) >= 11 is 0. The molecule has 2 rings (SSSR count). The van der Waals surface area contributed by atoms with Crippen LogP contribution < -0.4 is 14.8 Å². The molecule has 0 spiro atoms. The van der Waals surface area contributed by atoms with Gasteiger partial charge in [-0.05, 0) is 18.5 Å². The number of methoxy groups -OCH3 is 3. The van der Waals surface area contributed by atoms with Gasteiger partial charge < -0.3 is 23.9 Å². The smallest absolute Gasteiger partial charge is 0.373 e. The third-order valence-corrected chi connectivity index (χ3v) is 3.48. The Hall–Kier alpha value is -2.21. The lowest BCUT2D eigenvalue weighted by atomic mass is 10.1. The van der Waals surface area contributed by atoms with Gasteiger partial charge in [-0.1, -0.05) is 13.8 Å². The molecular formula is C17H23NO5. The minimum absolute atomic E-state index is 0.117. The molecule has 1 heterocycles. The van der Waals surface area contributed by atoms with Gasteiger partial charge in [0, 0.05) is 18.2 Å². The highest BCUT2D eigenvalue weighted by Gasteiger charge is 2.21. The molecule has 0 bridgehead atoms. The van der Waals surface area contributed by atoms with E-state index in [1.54, 1.807) is 20.3 Å². The van der Waals surface area contributed by atoms with Crippen LogP contribution in [-0.2, 0) is 11.3 Å². The molecule has 0 aliphatic carbocycles. The van der Waals surface area contributed by atoms with Gasteiger partial charge in [-0.2, -0.15) is 0 Å². The maximum atomic E-state index is 11.7. The molecule has 0 atom stereocenters. The van der Waals surface area contributed by atoms with Crippen molar-refractivity contribution in [2.45, 2.75) is 20.4 Å². The molecule has 0 radical (unpaired) electrons. The zero-order chi connectivity index (χ0) is 17.0. The molecule has 0 fully saturated rings. The molecular weight excluding hydrogens is 298 g/mol. The van der Waals surface area contributed by atoms with Crippen LogP contribution in [0.25, 0.3) is 11.0 Å². The van der Waals surface area contributed by atoms with Crippen molar-refractivity contribution in [3.8, 4) is 11.5 Å². The predicted octanol–water partition coefficient (Wildman–Crippen LogP) is 2.98. The van der Waals surface area contributed by atoms with Gasteiger partial charge in [0.15, 0.2) is 11.3 Å². The number of furan rings is 1. The van der Waals surface area contributed by atoms with Crippen LogP contribution in [0.4, 0.5) is 0 Å². The summed E-state index contributed by atoms with van der Waals surface area (Å²) in [5, 5.41) is 4.06. The van der Waals surface area contributed by atoms with Crippen molar-refractivity contribution in [2.75, 3.05) is 27.9 Å². The SMILES string of the molecule is COC(=O)c1cc2c(OC)c(CNCC(C)C)cc(OC)c2o1. The number of ether oxygens (including phenoxy) is 3. The van der Waals surface area contributed by atoms with E-state index in [0.717, 1.165) is 12.1 Å². The summed E-state index contributed by atoms with van der Waals surface area (Å²) in [6, 6.07) is 3.48. The lowest BCUT2D eigenvalue weighted by Gasteiger charge is -2.13. The summed E-state index contributed by atoms with van der Waals surface area (Å²) in [6.07, 6.45) is 0. The van der Waals surface area contributed by atoms with Gasteiger partial charge in [0.25, 0.3) is 0 Å². The highest BCUT2D eigenvalue weighted by atomic mass is 16.5. The van der Waals surface area contributed by atoms with Crippen LogP contribution in [-0.4, -0.2) is 33.8 Å². The Morgan fingerprint density at radius 3 is 2.52 bits per heavy atom. The number of rotatable bonds is 7. The largest absolute Gasteiger partial charge is 0.496 e. The predicted molar refractivity (Wildman–Crippen MR) is 87.2 cm³/mol. The fourth-order valence-corrected chi connectivity index (χ4v) is 2.43. The number of carbonyl (C=O) groups is 1. The molecule has 0 amide bonds. The van der Waals surface area contributed by atoms with Crippen molar-refractivity contribution < 1.29 is 23.4 Å². The van der Waals surface area contributed by atoms with E-state index in [0.29, 0.717) is 34.9 Å². The Balaban J connectivity index is 2.49. The van der Waals surface area contributed by atoms with Crippen LogP contribution >= 0.6 is 0 Å². The third kappa shape index (κ3) is 3.59. The molecule has 23 heavy (non-hydrogen) atoms. The Bertz CT molecular complexity index is 690. The summed E-state index contributed by atoms with van der Waals surface area (Å²) in [5.74, 6) is 1.34. The zero-order valence-electron chi connectivity index (χ0n) is 14.2. The Morgan fingerprint density at radius 2 is 1.96 bits per heavy atom. The number of benzene rings is 1. The molecule has 0 aliphatic heterocycles. The standard InChI is InChI=1S/C17H23NO5/c1-10(2)8-18-9-11-6-13(20-3)16-12(15(11)21-4)7-14(23-16)17(19)22-5/h6-7,10,18H,8-9H2,1-5H3. The van der Waals surface area contributed by atoms with E-state index in [-0.39, 0.29) is 5.76 Å². The average molecular weight is 321 g/mol. The van der Waals surface area contributed by atoms with Gasteiger partial charge in [0.05, 0.1) is 26.7 Å².